The van der Waals surface area contributed by atoms with E-state index in [1.807, 2.05) is 54.6 Å². The highest BCUT2D eigenvalue weighted by Crippen LogP contribution is 2.17. The molecule has 0 saturated carbocycles. The van der Waals surface area contributed by atoms with Crippen molar-refractivity contribution >= 4 is 28.7 Å². The molecule has 30 heavy (non-hydrogen) atoms. The fourth-order valence-electron chi connectivity index (χ4n) is 3.04. The van der Waals surface area contributed by atoms with Gasteiger partial charge in [-0.05, 0) is 24.6 Å². The minimum atomic E-state index is -0.350. The van der Waals surface area contributed by atoms with Crippen LogP contribution in [-0.4, -0.2) is 31.6 Å². The molecular formula is C22H20N6O2. The average molecular weight is 400 g/mol. The van der Waals surface area contributed by atoms with E-state index in [1.54, 1.807) is 13.0 Å². The number of fused-ring (bicyclic) bond motifs is 1. The Morgan fingerprint density at radius 3 is 2.63 bits per heavy atom. The summed E-state index contributed by atoms with van der Waals surface area (Å²) in [6, 6.07) is 19.0. The van der Waals surface area contributed by atoms with Crippen LogP contribution in [0.15, 0.2) is 67.0 Å². The first-order chi connectivity index (χ1) is 14.6. The fraction of sp³-hybridized carbons (Fsp3) is 0.136. The summed E-state index contributed by atoms with van der Waals surface area (Å²) in [5, 5.41) is 10.5. The molecule has 150 valence electrons. The number of hydrogen-bond acceptors (Lipinski definition) is 5. The van der Waals surface area contributed by atoms with Crippen LogP contribution in [0.1, 0.15) is 21.6 Å². The van der Waals surface area contributed by atoms with Gasteiger partial charge < -0.3 is 5.32 Å². The number of pyridine rings is 1. The Morgan fingerprint density at radius 2 is 1.80 bits per heavy atom. The van der Waals surface area contributed by atoms with E-state index in [2.05, 4.69) is 25.7 Å². The molecule has 0 aliphatic carbocycles. The Bertz CT molecular complexity index is 1200. The molecule has 0 saturated heterocycles. The van der Waals surface area contributed by atoms with Gasteiger partial charge in [-0.3, -0.25) is 19.9 Å². The van der Waals surface area contributed by atoms with Crippen molar-refractivity contribution in [2.45, 2.75) is 20.0 Å². The van der Waals surface area contributed by atoms with Crippen LogP contribution in [0.3, 0.4) is 0 Å². The van der Waals surface area contributed by atoms with E-state index < -0.39 is 0 Å². The van der Waals surface area contributed by atoms with Crippen molar-refractivity contribution in [3.05, 3.63) is 83.8 Å². The van der Waals surface area contributed by atoms with Gasteiger partial charge in [-0.15, -0.1) is 5.10 Å². The zero-order valence-corrected chi connectivity index (χ0v) is 16.4. The zero-order chi connectivity index (χ0) is 20.9. The summed E-state index contributed by atoms with van der Waals surface area (Å²) in [6.07, 6.45) is 1.41. The predicted molar refractivity (Wildman–Crippen MR) is 113 cm³/mol. The van der Waals surface area contributed by atoms with Gasteiger partial charge in [0.25, 0.3) is 5.91 Å². The van der Waals surface area contributed by atoms with Crippen molar-refractivity contribution < 1.29 is 9.59 Å². The third-order valence-corrected chi connectivity index (χ3v) is 4.56. The topological polar surface area (TPSA) is 102 Å². The first-order valence-electron chi connectivity index (χ1n) is 9.46. The van der Waals surface area contributed by atoms with E-state index in [0.29, 0.717) is 17.8 Å². The van der Waals surface area contributed by atoms with Gasteiger partial charge in [0.2, 0.25) is 11.9 Å². The first-order valence-corrected chi connectivity index (χ1v) is 9.46. The molecule has 0 aliphatic heterocycles. The molecule has 4 aromatic rings. The number of para-hydroxylation sites is 1. The van der Waals surface area contributed by atoms with Gasteiger partial charge in [0.1, 0.15) is 12.9 Å². The molecule has 0 unspecified atom stereocenters. The largest absolute Gasteiger partial charge is 0.350 e. The van der Waals surface area contributed by atoms with Gasteiger partial charge >= 0.3 is 0 Å². The Kier molecular flexibility index (Phi) is 5.47. The lowest BCUT2D eigenvalue weighted by molar-refractivity contribution is -0.122. The van der Waals surface area contributed by atoms with E-state index in [-0.39, 0.29) is 24.3 Å². The molecular weight excluding hydrogens is 380 g/mol. The van der Waals surface area contributed by atoms with Gasteiger partial charge in [-0.1, -0.05) is 48.5 Å². The fourth-order valence-corrected chi connectivity index (χ4v) is 3.04. The number of nitrogens with zero attached hydrogens (tertiary/aromatic N) is 4. The van der Waals surface area contributed by atoms with Gasteiger partial charge in [0.05, 0.1) is 16.8 Å². The van der Waals surface area contributed by atoms with Crippen LogP contribution in [0.4, 0.5) is 5.95 Å². The lowest BCUT2D eigenvalue weighted by atomic mass is 10.1. The third-order valence-electron chi connectivity index (χ3n) is 4.56. The maximum absolute atomic E-state index is 12.6. The second-order valence-corrected chi connectivity index (χ2v) is 6.80. The summed E-state index contributed by atoms with van der Waals surface area (Å²) in [4.78, 5) is 33.3. The Balaban J connectivity index is 1.38. The highest BCUT2D eigenvalue weighted by atomic mass is 16.2. The molecule has 0 atom stereocenters. The number of carbonyl (C=O) groups excluding carboxylic acids is 2. The summed E-state index contributed by atoms with van der Waals surface area (Å²) >= 11 is 0. The summed E-state index contributed by atoms with van der Waals surface area (Å²) in [5.41, 5.74) is 2.91. The molecule has 8 nitrogen and oxygen atoms in total. The normalized spacial score (nSPS) is 10.7. The quantitative estimate of drug-likeness (QED) is 0.518. The monoisotopic (exact) mass is 400 g/mol. The van der Waals surface area contributed by atoms with Crippen LogP contribution < -0.4 is 10.6 Å². The van der Waals surface area contributed by atoms with E-state index in [0.717, 1.165) is 16.5 Å². The average Bonchev–Trinajstić information content (AvgIpc) is 3.19. The van der Waals surface area contributed by atoms with Gasteiger partial charge in [0, 0.05) is 11.9 Å². The Hall–Kier alpha value is -4.07. The number of anilines is 1. The highest BCUT2D eigenvalue weighted by molar-refractivity contribution is 6.06. The number of aryl methyl sites for hydroxylation is 1. The Morgan fingerprint density at radius 1 is 1.03 bits per heavy atom. The van der Waals surface area contributed by atoms with Crippen LogP contribution in [0, 0.1) is 6.92 Å². The van der Waals surface area contributed by atoms with Crippen LogP contribution in [0.25, 0.3) is 10.9 Å². The molecule has 2 aromatic carbocycles. The summed E-state index contributed by atoms with van der Waals surface area (Å²) < 4.78 is 1.38. The van der Waals surface area contributed by atoms with E-state index in [1.165, 1.54) is 11.0 Å². The molecule has 4 rings (SSSR count). The van der Waals surface area contributed by atoms with Crippen molar-refractivity contribution in [1.82, 2.24) is 25.1 Å². The van der Waals surface area contributed by atoms with Crippen LogP contribution in [-0.2, 0) is 17.9 Å². The summed E-state index contributed by atoms with van der Waals surface area (Å²) in [7, 11) is 0. The lowest BCUT2D eigenvalue weighted by Crippen LogP contribution is -2.27. The zero-order valence-electron chi connectivity index (χ0n) is 16.4. The van der Waals surface area contributed by atoms with Crippen LogP contribution in [0.2, 0.25) is 0 Å². The SMILES string of the molecule is Cc1nc2ccccc2cc1C(=O)Nc1ncn(CC(=O)NCc2ccccc2)n1. The molecule has 0 bridgehead atoms. The number of amides is 2. The molecule has 0 fully saturated rings. The van der Waals surface area contributed by atoms with Gasteiger partial charge in [0.15, 0.2) is 0 Å². The maximum atomic E-state index is 12.6. The number of benzene rings is 2. The van der Waals surface area contributed by atoms with Crippen LogP contribution in [0.5, 0.6) is 0 Å². The highest BCUT2D eigenvalue weighted by Gasteiger charge is 2.14. The summed E-state index contributed by atoms with van der Waals surface area (Å²) in [5.74, 6) is -0.420. The molecule has 0 spiro atoms. The third kappa shape index (κ3) is 4.49. The van der Waals surface area contributed by atoms with Gasteiger partial charge in [-0.2, -0.15) is 0 Å². The first kappa shape index (κ1) is 19.3. The molecule has 0 radical (unpaired) electrons. The molecule has 0 aliphatic rings. The molecule has 2 aromatic heterocycles. The van der Waals surface area contributed by atoms with E-state index in [9.17, 15) is 9.59 Å². The molecule has 2 heterocycles. The smallest absolute Gasteiger partial charge is 0.259 e. The number of aromatic nitrogens is 4. The van der Waals surface area contributed by atoms with Crippen LogP contribution >= 0.6 is 0 Å². The van der Waals surface area contributed by atoms with Crippen molar-refractivity contribution in [1.29, 1.82) is 0 Å². The minimum absolute atomic E-state index is 0.00621. The second kappa shape index (κ2) is 8.52. The molecule has 8 heteroatoms. The van der Waals surface area contributed by atoms with Gasteiger partial charge in [-0.25, -0.2) is 9.67 Å². The van der Waals surface area contributed by atoms with Crippen molar-refractivity contribution in [2.75, 3.05) is 5.32 Å². The lowest BCUT2D eigenvalue weighted by Gasteiger charge is -2.07. The Labute approximate surface area is 173 Å². The molecule has 2 amide bonds. The standard InChI is InChI=1S/C22H20N6O2/c1-15-18(11-17-9-5-6-10-19(17)25-15)21(30)26-22-24-14-28(27-22)13-20(29)23-12-16-7-3-2-4-8-16/h2-11,14H,12-13H2,1H3,(H,23,29)(H,26,27,30). The maximum Gasteiger partial charge on any atom is 0.259 e. The van der Waals surface area contributed by atoms with Crippen molar-refractivity contribution in [3.63, 3.8) is 0 Å². The number of rotatable bonds is 6. The number of carbonyl (C=O) groups is 2. The van der Waals surface area contributed by atoms with Crippen molar-refractivity contribution in [2.24, 2.45) is 0 Å². The number of hydrogen-bond donors (Lipinski definition) is 2. The van der Waals surface area contributed by atoms with Crippen molar-refractivity contribution in [3.8, 4) is 0 Å². The molecule has 2 N–H and O–H groups in total. The minimum Gasteiger partial charge on any atom is -0.350 e. The van der Waals surface area contributed by atoms with E-state index in [4.69, 9.17) is 0 Å². The second-order valence-electron chi connectivity index (χ2n) is 6.80. The number of nitrogens with one attached hydrogen (secondary N) is 2. The summed E-state index contributed by atoms with van der Waals surface area (Å²) in [6.45, 7) is 2.23. The van der Waals surface area contributed by atoms with E-state index >= 15 is 0 Å². The predicted octanol–water partition coefficient (Wildman–Crippen LogP) is 2.70.